The minimum absolute atomic E-state index is 0.504. The first-order valence-electron chi connectivity index (χ1n) is 9.49. The van der Waals surface area contributed by atoms with Crippen LogP contribution in [0.2, 0.25) is 0 Å². The molecule has 27 heavy (non-hydrogen) atoms. The predicted molar refractivity (Wildman–Crippen MR) is 120 cm³/mol. The predicted octanol–water partition coefficient (Wildman–Crippen LogP) is 7.47. The van der Waals surface area contributed by atoms with E-state index in [-0.39, 0.29) is 0 Å². The summed E-state index contributed by atoms with van der Waals surface area (Å²) in [5.74, 6) is 0.899. The molecule has 1 aliphatic rings. The summed E-state index contributed by atoms with van der Waals surface area (Å²) in [6.45, 7) is 23.2. The Bertz CT molecular complexity index is 868. The molecule has 1 aromatic rings. The molecule has 0 unspecified atom stereocenters. The van der Waals surface area contributed by atoms with Crippen LogP contribution in [-0.4, -0.2) is 6.61 Å². The summed E-state index contributed by atoms with van der Waals surface area (Å²) in [4.78, 5) is 0. The van der Waals surface area contributed by atoms with E-state index in [1.165, 1.54) is 27.8 Å². The van der Waals surface area contributed by atoms with Crippen LogP contribution in [0.4, 0.5) is 0 Å². The van der Waals surface area contributed by atoms with E-state index in [1.807, 2.05) is 6.92 Å². The van der Waals surface area contributed by atoms with Crippen LogP contribution in [0.1, 0.15) is 57.7 Å². The molecule has 0 bridgehead atoms. The van der Waals surface area contributed by atoms with E-state index < -0.39 is 0 Å². The number of fused-ring (bicyclic) bond motifs is 1. The lowest BCUT2D eigenvalue weighted by molar-refractivity contribution is 0.353. The van der Waals surface area contributed by atoms with Gasteiger partial charge < -0.3 is 4.74 Å². The first-order chi connectivity index (χ1) is 12.7. The van der Waals surface area contributed by atoms with Crippen LogP contribution >= 0.6 is 0 Å². The molecule has 0 radical (unpaired) electrons. The fraction of sp³-hybridized carbons (Fsp3) is 0.308. The molecule has 0 fully saturated rings. The summed E-state index contributed by atoms with van der Waals surface area (Å²) in [5.41, 5.74) is 10.7. The molecule has 0 saturated carbocycles. The van der Waals surface area contributed by atoms with Gasteiger partial charge in [0.1, 0.15) is 12.4 Å². The Kier molecular flexibility index (Phi) is 6.85. The van der Waals surface area contributed by atoms with E-state index in [0.29, 0.717) is 6.61 Å². The van der Waals surface area contributed by atoms with E-state index in [9.17, 15) is 0 Å². The number of hydrogen-bond donors (Lipinski definition) is 0. The molecule has 0 heterocycles. The number of benzene rings is 1. The first-order valence-corrected chi connectivity index (χ1v) is 9.49. The van der Waals surface area contributed by atoms with Gasteiger partial charge in [0.2, 0.25) is 0 Å². The Labute approximate surface area is 165 Å². The Morgan fingerprint density at radius 1 is 1.04 bits per heavy atom. The van der Waals surface area contributed by atoms with Gasteiger partial charge in [-0.25, -0.2) is 0 Å². The average molecular weight is 361 g/mol. The molecule has 2 rings (SSSR count). The van der Waals surface area contributed by atoms with Gasteiger partial charge in [-0.3, -0.25) is 0 Å². The van der Waals surface area contributed by atoms with Gasteiger partial charge in [-0.2, -0.15) is 0 Å². The Morgan fingerprint density at radius 2 is 1.74 bits per heavy atom. The van der Waals surface area contributed by atoms with E-state index in [1.54, 1.807) is 0 Å². The van der Waals surface area contributed by atoms with E-state index in [0.717, 1.165) is 40.9 Å². The Hall–Kier alpha value is -2.54. The maximum Gasteiger partial charge on any atom is 0.127 e. The molecule has 1 heteroatoms. The standard InChI is InChI=1S/C26H32O/c1-17(2)9-10-22(19(5)6)16-27-25-14-13-23-21(15-18(3)4)11-12-24(23)26(25)20(7)8/h9-11,13-14H,3,5,7,12,15-16H2,1-2,4,6,8H3/b22-10-. The van der Waals surface area contributed by atoms with Gasteiger partial charge in [0.25, 0.3) is 0 Å². The van der Waals surface area contributed by atoms with Gasteiger partial charge in [-0.15, -0.1) is 0 Å². The van der Waals surface area contributed by atoms with Crippen LogP contribution < -0.4 is 4.74 Å². The fourth-order valence-electron chi connectivity index (χ4n) is 3.29. The van der Waals surface area contributed by atoms with E-state index in [4.69, 9.17) is 4.74 Å². The van der Waals surface area contributed by atoms with Crippen molar-refractivity contribution in [3.05, 3.63) is 89.1 Å². The molecule has 0 saturated heterocycles. The van der Waals surface area contributed by atoms with Gasteiger partial charge in [0.15, 0.2) is 0 Å². The van der Waals surface area contributed by atoms with Crippen LogP contribution in [0, 0.1) is 0 Å². The largest absolute Gasteiger partial charge is 0.488 e. The van der Waals surface area contributed by atoms with Crippen molar-refractivity contribution < 1.29 is 4.74 Å². The van der Waals surface area contributed by atoms with Gasteiger partial charge in [-0.05, 0) is 81.4 Å². The third-order valence-electron chi connectivity index (χ3n) is 4.64. The minimum Gasteiger partial charge on any atom is -0.488 e. The van der Waals surface area contributed by atoms with Crippen molar-refractivity contribution in [2.45, 2.75) is 47.5 Å². The number of allylic oxidation sites excluding steroid dienone is 7. The molecule has 1 aromatic carbocycles. The van der Waals surface area contributed by atoms with Crippen molar-refractivity contribution >= 4 is 11.1 Å². The molecule has 0 amide bonds. The lowest BCUT2D eigenvalue weighted by Gasteiger charge is -2.18. The Balaban J connectivity index is 2.33. The third kappa shape index (κ3) is 5.23. The summed E-state index contributed by atoms with van der Waals surface area (Å²) >= 11 is 0. The fourth-order valence-corrected chi connectivity index (χ4v) is 3.29. The molecular formula is C26H32O. The molecule has 0 aliphatic heterocycles. The van der Waals surface area contributed by atoms with Crippen molar-refractivity contribution in [2.24, 2.45) is 0 Å². The van der Waals surface area contributed by atoms with Crippen LogP contribution in [0.5, 0.6) is 5.75 Å². The van der Waals surface area contributed by atoms with Crippen LogP contribution in [0.15, 0.2) is 72.4 Å². The normalized spacial score (nSPS) is 12.9. The van der Waals surface area contributed by atoms with Gasteiger partial charge in [0, 0.05) is 5.56 Å². The van der Waals surface area contributed by atoms with Crippen LogP contribution in [0.3, 0.4) is 0 Å². The minimum atomic E-state index is 0.504. The van der Waals surface area contributed by atoms with Gasteiger partial charge >= 0.3 is 0 Å². The number of hydrogen-bond acceptors (Lipinski definition) is 1. The lowest BCUT2D eigenvalue weighted by Crippen LogP contribution is -2.05. The van der Waals surface area contributed by atoms with Crippen LogP contribution in [-0.2, 0) is 6.42 Å². The van der Waals surface area contributed by atoms with Gasteiger partial charge in [-0.1, -0.05) is 60.8 Å². The maximum atomic E-state index is 6.24. The highest BCUT2D eigenvalue weighted by molar-refractivity contribution is 5.82. The highest BCUT2D eigenvalue weighted by atomic mass is 16.5. The summed E-state index contributed by atoms with van der Waals surface area (Å²) in [5, 5.41) is 0. The molecule has 1 nitrogen and oxygen atoms in total. The highest BCUT2D eigenvalue weighted by Crippen LogP contribution is 2.40. The summed E-state index contributed by atoms with van der Waals surface area (Å²) < 4.78 is 6.24. The van der Waals surface area contributed by atoms with Crippen molar-refractivity contribution in [2.75, 3.05) is 6.61 Å². The molecular weight excluding hydrogens is 328 g/mol. The number of ether oxygens (including phenoxy) is 1. The van der Waals surface area contributed by atoms with Crippen molar-refractivity contribution in [1.82, 2.24) is 0 Å². The molecule has 0 spiro atoms. The first kappa shape index (κ1) is 20.8. The van der Waals surface area contributed by atoms with Crippen molar-refractivity contribution in [3.63, 3.8) is 0 Å². The summed E-state index contributed by atoms with van der Waals surface area (Å²) in [6.07, 6.45) is 8.36. The Morgan fingerprint density at radius 3 is 2.30 bits per heavy atom. The topological polar surface area (TPSA) is 9.23 Å². The maximum absolute atomic E-state index is 6.24. The molecule has 0 aromatic heterocycles. The second-order valence-electron chi connectivity index (χ2n) is 7.82. The summed E-state index contributed by atoms with van der Waals surface area (Å²) in [6, 6.07) is 4.26. The molecule has 0 N–H and O–H groups in total. The zero-order valence-corrected chi connectivity index (χ0v) is 17.5. The third-order valence-corrected chi connectivity index (χ3v) is 4.64. The smallest absolute Gasteiger partial charge is 0.127 e. The zero-order chi connectivity index (χ0) is 20.1. The van der Waals surface area contributed by atoms with Crippen molar-refractivity contribution in [3.8, 4) is 5.75 Å². The second-order valence-corrected chi connectivity index (χ2v) is 7.82. The SMILES string of the molecule is C=C(C)CC1=CCc2c1ccc(OC/C(=C/C=C(C)C)C(=C)C)c2C(=C)C. The average Bonchev–Trinajstić information content (AvgIpc) is 2.95. The molecule has 0 atom stereocenters. The highest BCUT2D eigenvalue weighted by Gasteiger charge is 2.21. The second kappa shape index (κ2) is 8.90. The molecule has 1 aliphatic carbocycles. The quantitative estimate of drug-likeness (QED) is 0.345. The molecule has 142 valence electrons. The number of rotatable bonds is 8. The van der Waals surface area contributed by atoms with Crippen LogP contribution in [0.25, 0.3) is 11.1 Å². The zero-order valence-electron chi connectivity index (χ0n) is 17.5. The van der Waals surface area contributed by atoms with E-state index >= 15 is 0 Å². The lowest BCUT2D eigenvalue weighted by atomic mass is 9.93. The summed E-state index contributed by atoms with van der Waals surface area (Å²) in [7, 11) is 0. The van der Waals surface area contributed by atoms with Gasteiger partial charge in [0.05, 0.1) is 0 Å². The monoisotopic (exact) mass is 360 g/mol. The van der Waals surface area contributed by atoms with Crippen molar-refractivity contribution in [1.29, 1.82) is 0 Å². The van der Waals surface area contributed by atoms with E-state index in [2.05, 4.69) is 77.8 Å².